The highest BCUT2D eigenvalue weighted by molar-refractivity contribution is 5.81. The van der Waals surface area contributed by atoms with Crippen LogP contribution >= 0.6 is 0 Å². The third kappa shape index (κ3) is 10.2. The van der Waals surface area contributed by atoms with Crippen molar-refractivity contribution in [2.24, 2.45) is 23.7 Å². The fourth-order valence-corrected chi connectivity index (χ4v) is 1.79. The third-order valence-corrected chi connectivity index (χ3v) is 3.13. The average molecular weight is 340 g/mol. The van der Waals surface area contributed by atoms with Crippen molar-refractivity contribution in [3.8, 4) is 0 Å². The summed E-state index contributed by atoms with van der Waals surface area (Å²) in [5.74, 6) is -3.42. The third-order valence-electron chi connectivity index (χ3n) is 3.13. The Labute approximate surface area is 135 Å². The van der Waals surface area contributed by atoms with Crippen molar-refractivity contribution in [2.45, 2.75) is 53.6 Å². The van der Waals surface area contributed by atoms with Crippen LogP contribution in [-0.4, -0.2) is 31.3 Å². The molecule has 0 rings (SSSR count). The molecule has 0 aliphatic heterocycles. The Hall–Kier alpha value is -1.27. The number of ether oxygens (including phenoxy) is 2. The molecule has 0 radical (unpaired) electrons. The molecular formula is C16H27F3O4. The molecule has 0 aromatic heterocycles. The van der Waals surface area contributed by atoms with E-state index in [4.69, 9.17) is 9.47 Å². The molecule has 0 fully saturated rings. The van der Waals surface area contributed by atoms with Gasteiger partial charge in [-0.2, -0.15) is 13.2 Å². The maximum atomic E-state index is 12.4. The Morgan fingerprint density at radius 3 is 1.70 bits per heavy atom. The summed E-state index contributed by atoms with van der Waals surface area (Å²) >= 11 is 0. The van der Waals surface area contributed by atoms with Gasteiger partial charge in [0.2, 0.25) is 0 Å². The van der Waals surface area contributed by atoms with Crippen LogP contribution in [0.25, 0.3) is 0 Å². The highest BCUT2D eigenvalue weighted by Crippen LogP contribution is 2.29. The summed E-state index contributed by atoms with van der Waals surface area (Å²) in [6.45, 7) is 8.99. The van der Waals surface area contributed by atoms with E-state index in [9.17, 15) is 22.8 Å². The van der Waals surface area contributed by atoms with E-state index in [1.54, 1.807) is 0 Å². The monoisotopic (exact) mass is 340 g/mol. The van der Waals surface area contributed by atoms with Gasteiger partial charge in [0.25, 0.3) is 0 Å². The van der Waals surface area contributed by atoms with E-state index in [0.29, 0.717) is 0 Å². The van der Waals surface area contributed by atoms with Crippen molar-refractivity contribution in [1.29, 1.82) is 0 Å². The minimum absolute atomic E-state index is 0.0606. The number of carbonyl (C=O) groups is 2. The van der Waals surface area contributed by atoms with E-state index in [2.05, 4.69) is 0 Å². The molecule has 0 aromatic rings. The first-order valence-corrected chi connectivity index (χ1v) is 7.84. The zero-order valence-corrected chi connectivity index (χ0v) is 14.4. The molecule has 0 aromatic carbocycles. The lowest BCUT2D eigenvalue weighted by atomic mass is 9.89. The van der Waals surface area contributed by atoms with Crippen molar-refractivity contribution in [2.75, 3.05) is 13.2 Å². The maximum absolute atomic E-state index is 12.4. The molecule has 0 spiro atoms. The molecule has 0 amide bonds. The van der Waals surface area contributed by atoms with E-state index in [0.717, 1.165) is 0 Å². The molecule has 2 unspecified atom stereocenters. The normalized spacial score (nSPS) is 14.7. The average Bonchev–Trinajstić information content (AvgIpc) is 2.40. The molecule has 7 heteroatoms. The van der Waals surface area contributed by atoms with Gasteiger partial charge < -0.3 is 9.47 Å². The standard InChI is InChI=1S/C16H27F3O4/c1-10(2)8-22-14(20)12(5)13(6-7-16(17,18)19)15(21)23-9-11(3)4/h10-13H,6-9H2,1-5H3. The lowest BCUT2D eigenvalue weighted by Gasteiger charge is -2.22. The van der Waals surface area contributed by atoms with Gasteiger partial charge in [-0.15, -0.1) is 0 Å². The Morgan fingerprint density at radius 2 is 1.30 bits per heavy atom. The quantitative estimate of drug-likeness (QED) is 0.596. The van der Waals surface area contributed by atoms with Crippen LogP contribution in [0.5, 0.6) is 0 Å². The smallest absolute Gasteiger partial charge is 0.389 e. The first-order chi connectivity index (χ1) is 10.4. The summed E-state index contributed by atoms with van der Waals surface area (Å²) in [6.07, 6.45) is -6.02. The number of rotatable bonds is 9. The van der Waals surface area contributed by atoms with Crippen molar-refractivity contribution in [3.05, 3.63) is 0 Å². The van der Waals surface area contributed by atoms with Gasteiger partial charge in [0.05, 0.1) is 25.0 Å². The van der Waals surface area contributed by atoms with Gasteiger partial charge in [0.15, 0.2) is 0 Å². The van der Waals surface area contributed by atoms with Crippen LogP contribution in [0.3, 0.4) is 0 Å². The molecule has 0 saturated heterocycles. The lowest BCUT2D eigenvalue weighted by molar-refractivity contribution is -0.166. The molecule has 136 valence electrons. The second-order valence-electron chi connectivity index (χ2n) is 6.60. The van der Waals surface area contributed by atoms with Crippen LogP contribution in [0.1, 0.15) is 47.5 Å². The van der Waals surface area contributed by atoms with Gasteiger partial charge in [0.1, 0.15) is 0 Å². The number of alkyl halides is 3. The maximum Gasteiger partial charge on any atom is 0.389 e. The minimum Gasteiger partial charge on any atom is -0.465 e. The zero-order valence-electron chi connectivity index (χ0n) is 14.4. The molecule has 0 aliphatic rings. The molecule has 0 saturated carbocycles. The molecule has 0 bridgehead atoms. The molecule has 4 nitrogen and oxygen atoms in total. The molecule has 0 aliphatic carbocycles. The van der Waals surface area contributed by atoms with Gasteiger partial charge in [-0.25, -0.2) is 0 Å². The predicted molar refractivity (Wildman–Crippen MR) is 79.5 cm³/mol. The number of halogens is 3. The summed E-state index contributed by atoms with van der Waals surface area (Å²) < 4.78 is 47.4. The van der Waals surface area contributed by atoms with Crippen LogP contribution in [-0.2, 0) is 19.1 Å². The Kier molecular flexibility index (Phi) is 9.24. The summed E-state index contributed by atoms with van der Waals surface area (Å²) in [4.78, 5) is 24.0. The van der Waals surface area contributed by atoms with E-state index in [-0.39, 0.29) is 25.0 Å². The summed E-state index contributed by atoms with van der Waals surface area (Å²) in [7, 11) is 0. The minimum atomic E-state index is -4.39. The topological polar surface area (TPSA) is 52.6 Å². The molecular weight excluding hydrogens is 313 g/mol. The van der Waals surface area contributed by atoms with Crippen molar-refractivity contribution >= 4 is 11.9 Å². The van der Waals surface area contributed by atoms with Gasteiger partial charge in [-0.3, -0.25) is 9.59 Å². The number of esters is 2. The number of hydrogen-bond donors (Lipinski definition) is 0. The molecule has 2 atom stereocenters. The van der Waals surface area contributed by atoms with E-state index in [1.807, 2.05) is 27.7 Å². The predicted octanol–water partition coefficient (Wildman–Crippen LogP) is 3.98. The van der Waals surface area contributed by atoms with Crippen LogP contribution in [0.4, 0.5) is 13.2 Å². The van der Waals surface area contributed by atoms with Gasteiger partial charge >= 0.3 is 18.1 Å². The van der Waals surface area contributed by atoms with Crippen LogP contribution in [0.2, 0.25) is 0 Å². The Bertz CT molecular complexity index is 378. The first kappa shape index (κ1) is 21.7. The SMILES string of the molecule is CC(C)COC(=O)C(C)C(CCC(F)(F)F)C(=O)OCC(C)C. The Balaban J connectivity index is 4.86. The van der Waals surface area contributed by atoms with E-state index < -0.39 is 42.8 Å². The first-order valence-electron chi connectivity index (χ1n) is 7.84. The summed E-state index contributed by atoms with van der Waals surface area (Å²) in [5.41, 5.74) is 0. The van der Waals surface area contributed by atoms with Gasteiger partial charge in [0, 0.05) is 6.42 Å². The number of carbonyl (C=O) groups excluding carboxylic acids is 2. The van der Waals surface area contributed by atoms with Crippen molar-refractivity contribution < 1.29 is 32.2 Å². The highest BCUT2D eigenvalue weighted by atomic mass is 19.4. The highest BCUT2D eigenvalue weighted by Gasteiger charge is 2.37. The second-order valence-corrected chi connectivity index (χ2v) is 6.60. The summed E-state index contributed by atoms with van der Waals surface area (Å²) in [5, 5.41) is 0. The van der Waals surface area contributed by atoms with E-state index in [1.165, 1.54) is 6.92 Å². The van der Waals surface area contributed by atoms with Gasteiger partial charge in [-0.1, -0.05) is 34.6 Å². The number of hydrogen-bond acceptors (Lipinski definition) is 4. The van der Waals surface area contributed by atoms with Crippen molar-refractivity contribution in [3.63, 3.8) is 0 Å². The fraction of sp³-hybridized carbons (Fsp3) is 0.875. The van der Waals surface area contributed by atoms with Crippen LogP contribution in [0.15, 0.2) is 0 Å². The second kappa shape index (κ2) is 9.78. The molecule has 23 heavy (non-hydrogen) atoms. The zero-order chi connectivity index (χ0) is 18.2. The van der Waals surface area contributed by atoms with Crippen molar-refractivity contribution in [1.82, 2.24) is 0 Å². The molecule has 0 heterocycles. The lowest BCUT2D eigenvalue weighted by Crippen LogP contribution is -2.33. The van der Waals surface area contributed by atoms with Gasteiger partial charge in [-0.05, 0) is 18.3 Å². The largest absolute Gasteiger partial charge is 0.465 e. The van der Waals surface area contributed by atoms with E-state index >= 15 is 0 Å². The van der Waals surface area contributed by atoms with Crippen LogP contribution < -0.4 is 0 Å². The summed E-state index contributed by atoms with van der Waals surface area (Å²) in [6, 6.07) is 0. The Morgan fingerprint density at radius 1 is 0.870 bits per heavy atom. The van der Waals surface area contributed by atoms with Crippen LogP contribution in [0, 0.1) is 23.7 Å². The molecule has 0 N–H and O–H groups in total. The fourth-order valence-electron chi connectivity index (χ4n) is 1.79.